The highest BCUT2D eigenvalue weighted by atomic mass is 16.7. The van der Waals surface area contributed by atoms with Gasteiger partial charge in [0.15, 0.2) is 37.7 Å². The summed E-state index contributed by atoms with van der Waals surface area (Å²) in [6.07, 6.45) is 12.3. The molecule has 0 aliphatic heterocycles. The van der Waals surface area contributed by atoms with E-state index in [1.165, 1.54) is 91.7 Å². The standard InChI is InChI=1S/C21H33NO4.C21H27NO4.C21H35NO4.C18H31N3O3.C18H29NO5.C16H25NO4/c2*1-4-16(2)18-10-12-20(13-11-18)26-17(3)24-14-15-25-21(23)22-19-8-6-5-7-9-19;1-5-7-8-9-14-22-21(23)25-16-15-24-18(4)26-20-12-10-19(11-13-20)17(3)6-2;1-6-14(2)16-7-9-17(10-8-16)24-15(3)23-12-11-21(13-19-4)18(22)20-5;1-6-14(2)16-7-9-17(10-8-16)24-15(3)23-12-11-19(13-21-4)18(20)22-5;1-5-12(2)14-6-8-15(9-7-14)21-13(3)19-10-11-20-16(18)17-4/h10-13,16-17,19H,4-9,14-15H2,1-3H3,(H,22,23);5-13,16-17H,4,14-15H2,1-3H3,(H,22,23);10-13,17-18H,5-9,14-16H2,1-4H3,(H,22,23);7-10,14-15,19H,6,11-13H2,1-5H3,(H,20,22);7-10,14-15H,6,11-13H2,1-5H3;6-9,12-13H,5,10-11H2,1-4H3,(H,17,18). The number of ether oxygens (including phenoxy) is 18. The van der Waals surface area contributed by atoms with Crippen molar-refractivity contribution in [2.75, 3.05) is 140 Å². The molecule has 824 valence electrons. The molecule has 0 heterocycles. The van der Waals surface area contributed by atoms with Crippen LogP contribution in [0.3, 0.4) is 0 Å². The van der Waals surface area contributed by atoms with Crippen molar-refractivity contribution in [3.63, 3.8) is 0 Å². The Kier molecular flexibility index (Phi) is 70.4. The van der Waals surface area contributed by atoms with E-state index in [0.717, 1.165) is 98.7 Å². The number of methoxy groups -OCH3 is 2. The van der Waals surface area contributed by atoms with Crippen molar-refractivity contribution in [2.45, 2.75) is 307 Å². The van der Waals surface area contributed by atoms with E-state index in [9.17, 15) is 28.8 Å². The molecule has 32 nitrogen and oxygen atoms in total. The summed E-state index contributed by atoms with van der Waals surface area (Å²) in [7, 11) is 7.77. The topological polar surface area (TPSA) is 347 Å². The lowest BCUT2D eigenvalue weighted by Gasteiger charge is -2.23. The van der Waals surface area contributed by atoms with Gasteiger partial charge in [0.25, 0.3) is 0 Å². The van der Waals surface area contributed by atoms with Crippen LogP contribution in [0.15, 0.2) is 176 Å². The van der Waals surface area contributed by atoms with Gasteiger partial charge >= 0.3 is 36.5 Å². The number of nitrogens with zero attached hydrogens (tertiary/aromatic N) is 2. The van der Waals surface area contributed by atoms with Crippen molar-refractivity contribution >= 4 is 42.2 Å². The number of nitrogens with one attached hydrogen (secondary N) is 6. The van der Waals surface area contributed by atoms with E-state index in [-0.39, 0.29) is 70.3 Å². The number of rotatable bonds is 59. The van der Waals surface area contributed by atoms with Gasteiger partial charge in [-0.15, -0.1) is 0 Å². The fourth-order valence-corrected chi connectivity index (χ4v) is 14.2. The van der Waals surface area contributed by atoms with Gasteiger partial charge in [0.05, 0.1) is 53.4 Å². The maximum atomic E-state index is 11.7. The molecule has 32 heteroatoms. The molecule has 12 atom stereocenters. The third-order valence-corrected chi connectivity index (χ3v) is 24.3. The van der Waals surface area contributed by atoms with Crippen LogP contribution in [0.2, 0.25) is 0 Å². The average Bonchev–Trinajstić information content (AvgIpc) is 0.896. The number of carbonyl (C=O) groups excluding carboxylic acids is 6. The van der Waals surface area contributed by atoms with Gasteiger partial charge in [-0.1, -0.05) is 220 Å². The summed E-state index contributed by atoms with van der Waals surface area (Å²) in [5.74, 6) is 7.90. The number of hydrogen-bond donors (Lipinski definition) is 6. The van der Waals surface area contributed by atoms with Gasteiger partial charge in [-0.2, -0.15) is 0 Å². The Morgan fingerprint density at radius 3 is 0.932 bits per heavy atom. The summed E-state index contributed by atoms with van der Waals surface area (Å²) in [6, 6.07) is 57.8. The molecular weight excluding hydrogens is 1880 g/mol. The number of anilines is 1. The predicted molar refractivity (Wildman–Crippen MR) is 580 cm³/mol. The predicted octanol–water partition coefficient (Wildman–Crippen LogP) is 25.1. The Morgan fingerprint density at radius 2 is 0.639 bits per heavy atom. The van der Waals surface area contributed by atoms with Crippen molar-refractivity contribution in [1.29, 1.82) is 0 Å². The molecule has 1 saturated carbocycles. The summed E-state index contributed by atoms with van der Waals surface area (Å²) in [6.45, 7) is 44.2. The van der Waals surface area contributed by atoms with Gasteiger partial charge in [0.2, 0.25) is 0 Å². The summed E-state index contributed by atoms with van der Waals surface area (Å²) in [5.41, 5.74) is 8.52. The van der Waals surface area contributed by atoms with Crippen LogP contribution < -0.4 is 60.3 Å². The minimum atomic E-state index is -0.506. The molecule has 7 aromatic rings. The van der Waals surface area contributed by atoms with Crippen LogP contribution in [-0.4, -0.2) is 225 Å². The van der Waals surface area contributed by atoms with Crippen LogP contribution in [-0.2, 0) is 56.8 Å². The number of hydrogen-bond acceptors (Lipinski definition) is 25. The fraction of sp³-hybridized carbons (Fsp3) is 0.583. The zero-order valence-electron chi connectivity index (χ0n) is 92.7. The van der Waals surface area contributed by atoms with Crippen molar-refractivity contribution in [3.05, 3.63) is 209 Å². The van der Waals surface area contributed by atoms with E-state index in [0.29, 0.717) is 101 Å². The van der Waals surface area contributed by atoms with Crippen LogP contribution in [0.25, 0.3) is 0 Å². The zero-order valence-corrected chi connectivity index (χ0v) is 92.7. The number of urea groups is 1. The molecule has 0 spiro atoms. The SMILES string of the molecule is CCC(C)c1ccc(OC(C)OCCN(CNC)C(=O)NC)cc1.CCC(C)c1ccc(OC(C)OCCN(COC)C(=O)OC)cc1.CCC(C)c1ccc(OC(C)OCCOC(=O)NC)cc1.CCC(C)c1ccc(OC(C)OCCOC(=O)NC2CCCCC2)cc1.CCC(C)c1ccc(OC(C)OCCOC(=O)Nc2ccccc2)cc1.CCCCCCNC(=O)OCCOC(C)Oc1ccc(C(C)CC)cc1. The van der Waals surface area contributed by atoms with Gasteiger partial charge in [-0.25, -0.2) is 28.8 Å². The Balaban J connectivity index is 0.000000454. The van der Waals surface area contributed by atoms with Crippen LogP contribution in [0, 0.1) is 0 Å². The third-order valence-electron chi connectivity index (χ3n) is 24.3. The fourth-order valence-electron chi connectivity index (χ4n) is 14.2. The second kappa shape index (κ2) is 79.8. The summed E-state index contributed by atoms with van der Waals surface area (Å²) in [5, 5.41) is 16.2. The molecule has 147 heavy (non-hydrogen) atoms. The molecule has 0 saturated heterocycles. The lowest BCUT2D eigenvalue weighted by atomic mass is 9.96. The van der Waals surface area contributed by atoms with Gasteiger partial charge in [0.1, 0.15) is 67.7 Å². The highest BCUT2D eigenvalue weighted by molar-refractivity contribution is 5.84. The monoisotopic (exact) mass is 2060 g/mol. The first-order chi connectivity index (χ1) is 70.8. The van der Waals surface area contributed by atoms with E-state index in [2.05, 4.69) is 199 Å². The molecule has 0 bridgehead atoms. The Hall–Kier alpha value is -11.4. The van der Waals surface area contributed by atoms with E-state index < -0.39 is 49.7 Å². The Morgan fingerprint density at radius 1 is 0.333 bits per heavy atom. The molecule has 7 amide bonds. The van der Waals surface area contributed by atoms with Gasteiger partial charge < -0.3 is 117 Å². The van der Waals surface area contributed by atoms with E-state index >= 15 is 0 Å². The molecule has 1 aliphatic rings. The Labute approximate surface area is 878 Å². The Bertz CT molecular complexity index is 4420. The van der Waals surface area contributed by atoms with Crippen molar-refractivity contribution in [2.24, 2.45) is 0 Å². The van der Waals surface area contributed by atoms with E-state index in [1.807, 2.05) is 133 Å². The van der Waals surface area contributed by atoms with Gasteiger partial charge in [0, 0.05) is 52.6 Å². The van der Waals surface area contributed by atoms with E-state index in [4.69, 9.17) is 80.5 Å². The minimum Gasteiger partial charge on any atom is -0.465 e. The van der Waals surface area contributed by atoms with Crippen molar-refractivity contribution in [3.8, 4) is 34.5 Å². The van der Waals surface area contributed by atoms with Crippen LogP contribution >= 0.6 is 0 Å². The largest absolute Gasteiger partial charge is 0.465 e. The molecule has 8 rings (SSSR count). The molecule has 12 unspecified atom stereocenters. The number of benzene rings is 7. The zero-order chi connectivity index (χ0) is 108. The number of amides is 7. The first-order valence-electron chi connectivity index (χ1n) is 52.7. The first kappa shape index (κ1) is 130. The second-order valence-corrected chi connectivity index (χ2v) is 35.8. The molecule has 6 N–H and O–H groups in total. The summed E-state index contributed by atoms with van der Waals surface area (Å²) in [4.78, 5) is 71.9. The van der Waals surface area contributed by atoms with Gasteiger partial charge in [-0.3, -0.25) is 10.2 Å². The highest BCUT2D eigenvalue weighted by Crippen LogP contribution is 2.30. The van der Waals surface area contributed by atoms with Crippen LogP contribution in [0.5, 0.6) is 34.5 Å². The average molecular weight is 2060 g/mol. The first-order valence-corrected chi connectivity index (χ1v) is 52.7. The number of alkyl carbamates (subject to hydrolysis) is 3. The highest BCUT2D eigenvalue weighted by Gasteiger charge is 2.21. The maximum Gasteiger partial charge on any atom is 0.411 e. The molecule has 0 aromatic heterocycles. The number of carbonyl (C=O) groups is 6. The molecule has 1 fully saturated rings. The van der Waals surface area contributed by atoms with Crippen LogP contribution in [0.4, 0.5) is 34.5 Å². The third kappa shape index (κ3) is 59.4. The molecule has 0 radical (unpaired) electrons. The summed E-state index contributed by atoms with van der Waals surface area (Å²) < 4.78 is 97.3. The number of para-hydroxylation sites is 1. The molecule has 7 aromatic carbocycles. The number of unbranched alkanes of at least 4 members (excludes halogenated alkanes) is 3. The van der Waals surface area contributed by atoms with Crippen LogP contribution in [0.1, 0.15) is 297 Å². The normalized spacial score (nSPS) is 13.9. The minimum absolute atomic E-state index is 0.137. The van der Waals surface area contributed by atoms with Gasteiger partial charge in [-0.05, 0) is 260 Å². The van der Waals surface area contributed by atoms with Crippen molar-refractivity contribution < 1.29 is 114 Å². The smallest absolute Gasteiger partial charge is 0.411 e. The summed E-state index contributed by atoms with van der Waals surface area (Å²) >= 11 is 0. The second-order valence-electron chi connectivity index (χ2n) is 35.8. The quantitative estimate of drug-likeness (QED) is 0.0117. The molecular formula is C115H180N8O24. The molecule has 1 aliphatic carbocycles. The van der Waals surface area contributed by atoms with Crippen molar-refractivity contribution in [1.82, 2.24) is 36.4 Å². The maximum absolute atomic E-state index is 11.7. The lowest BCUT2D eigenvalue weighted by molar-refractivity contribution is -0.0772. The van der Waals surface area contributed by atoms with E-state index in [1.54, 1.807) is 31.1 Å². The lowest BCUT2D eigenvalue weighted by Crippen LogP contribution is -2.44.